The molecule has 1 amide bonds. The van der Waals surface area contributed by atoms with Gasteiger partial charge in [0.05, 0.1) is 12.2 Å². The van der Waals surface area contributed by atoms with Gasteiger partial charge in [0.25, 0.3) is 0 Å². The van der Waals surface area contributed by atoms with Gasteiger partial charge in [-0.3, -0.25) is 4.79 Å². The number of benzene rings is 1. The van der Waals surface area contributed by atoms with Gasteiger partial charge in [-0.2, -0.15) is 0 Å². The molecule has 7 nitrogen and oxygen atoms in total. The van der Waals surface area contributed by atoms with Gasteiger partial charge in [-0.1, -0.05) is 13.8 Å². The quantitative estimate of drug-likeness (QED) is 0.845. The lowest BCUT2D eigenvalue weighted by atomic mass is 10.1. The predicted molar refractivity (Wildman–Crippen MR) is 84.8 cm³/mol. The van der Waals surface area contributed by atoms with E-state index in [9.17, 15) is 4.79 Å². The van der Waals surface area contributed by atoms with Crippen LogP contribution in [-0.4, -0.2) is 38.7 Å². The third kappa shape index (κ3) is 4.03. The van der Waals surface area contributed by atoms with Crippen LogP contribution in [-0.2, 0) is 4.79 Å². The van der Waals surface area contributed by atoms with Gasteiger partial charge in [0.2, 0.25) is 5.91 Å². The van der Waals surface area contributed by atoms with E-state index in [-0.39, 0.29) is 18.5 Å². The molecule has 0 bridgehead atoms. The molecule has 2 N–H and O–H groups in total. The van der Waals surface area contributed by atoms with Crippen LogP contribution < -0.4 is 10.6 Å². The first-order valence-electron chi connectivity index (χ1n) is 7.34. The normalized spacial score (nSPS) is 12.2. The summed E-state index contributed by atoms with van der Waals surface area (Å²) in [5, 5.41) is 17.2. The van der Waals surface area contributed by atoms with Crippen molar-refractivity contribution in [3.63, 3.8) is 0 Å². The molecule has 0 spiro atoms. The molecular weight excluding hydrogens is 280 g/mol. The molecule has 0 saturated heterocycles. The second kappa shape index (κ2) is 7.02. The number of tetrazole rings is 1. The third-order valence-corrected chi connectivity index (χ3v) is 3.63. The molecular formula is C15H22N6O. The van der Waals surface area contributed by atoms with E-state index in [0.717, 1.165) is 16.9 Å². The number of carbonyl (C=O) groups excluding carboxylic acids is 1. The highest BCUT2D eigenvalue weighted by molar-refractivity contribution is 5.81. The number of aryl methyl sites for hydroxylation is 1. The Labute approximate surface area is 130 Å². The lowest BCUT2D eigenvalue weighted by Crippen LogP contribution is -2.39. The molecule has 0 saturated carbocycles. The van der Waals surface area contributed by atoms with Gasteiger partial charge in [-0.05, 0) is 54.0 Å². The summed E-state index contributed by atoms with van der Waals surface area (Å²) in [6.45, 7) is 8.40. The number of hydrogen-bond acceptors (Lipinski definition) is 5. The van der Waals surface area contributed by atoms with Crippen LogP contribution in [0.4, 0.5) is 5.69 Å². The minimum absolute atomic E-state index is 0.0107. The predicted octanol–water partition coefficient (Wildman–Crippen LogP) is 1.54. The number of amides is 1. The largest absolute Gasteiger partial charge is 0.376 e. The first-order chi connectivity index (χ1) is 10.5. The maximum absolute atomic E-state index is 11.9. The Bertz CT molecular complexity index is 623. The SMILES string of the molecule is Cc1cc(NCC(=O)N[C@H](C)C(C)C)ccc1-n1cnnn1. The Morgan fingerprint density at radius 1 is 1.32 bits per heavy atom. The number of rotatable bonds is 6. The molecule has 118 valence electrons. The third-order valence-electron chi connectivity index (χ3n) is 3.63. The molecule has 0 unspecified atom stereocenters. The summed E-state index contributed by atoms with van der Waals surface area (Å²) >= 11 is 0. The van der Waals surface area contributed by atoms with E-state index >= 15 is 0 Å². The Hall–Kier alpha value is -2.44. The summed E-state index contributed by atoms with van der Waals surface area (Å²) in [4.78, 5) is 11.9. The molecule has 0 fully saturated rings. The zero-order valence-corrected chi connectivity index (χ0v) is 13.4. The molecule has 1 aromatic heterocycles. The van der Waals surface area contributed by atoms with Crippen LogP contribution in [0.1, 0.15) is 26.3 Å². The Morgan fingerprint density at radius 3 is 2.68 bits per heavy atom. The molecule has 22 heavy (non-hydrogen) atoms. The van der Waals surface area contributed by atoms with Gasteiger partial charge in [0.15, 0.2) is 0 Å². The maximum atomic E-state index is 11.9. The van der Waals surface area contributed by atoms with Crippen molar-refractivity contribution in [3.05, 3.63) is 30.1 Å². The van der Waals surface area contributed by atoms with Crippen LogP contribution in [0.15, 0.2) is 24.5 Å². The van der Waals surface area contributed by atoms with E-state index in [1.807, 2.05) is 32.0 Å². The van der Waals surface area contributed by atoms with Crippen LogP contribution >= 0.6 is 0 Å². The molecule has 0 aliphatic carbocycles. The summed E-state index contributed by atoms with van der Waals surface area (Å²) in [6, 6.07) is 5.96. The smallest absolute Gasteiger partial charge is 0.239 e. The fourth-order valence-electron chi connectivity index (χ4n) is 1.95. The van der Waals surface area contributed by atoms with Crippen molar-refractivity contribution in [2.75, 3.05) is 11.9 Å². The van der Waals surface area contributed by atoms with E-state index in [1.165, 1.54) is 0 Å². The number of anilines is 1. The molecule has 1 atom stereocenters. The number of nitrogens with zero attached hydrogens (tertiary/aromatic N) is 4. The van der Waals surface area contributed by atoms with E-state index in [4.69, 9.17) is 0 Å². The molecule has 2 rings (SSSR count). The van der Waals surface area contributed by atoms with Crippen LogP contribution in [0.5, 0.6) is 0 Å². The van der Waals surface area contributed by atoms with Crippen LogP contribution in [0.2, 0.25) is 0 Å². The number of carbonyl (C=O) groups is 1. The number of aromatic nitrogens is 4. The monoisotopic (exact) mass is 302 g/mol. The van der Waals surface area contributed by atoms with Crippen molar-refractivity contribution in [1.82, 2.24) is 25.5 Å². The molecule has 1 heterocycles. The summed E-state index contributed by atoms with van der Waals surface area (Å²) in [7, 11) is 0. The Kier molecular flexibility index (Phi) is 5.08. The second-order valence-electron chi connectivity index (χ2n) is 5.71. The maximum Gasteiger partial charge on any atom is 0.239 e. The lowest BCUT2D eigenvalue weighted by Gasteiger charge is -2.18. The topological polar surface area (TPSA) is 84.7 Å². The molecule has 7 heteroatoms. The van der Waals surface area contributed by atoms with Crippen LogP contribution in [0, 0.1) is 12.8 Å². The van der Waals surface area contributed by atoms with Gasteiger partial charge < -0.3 is 10.6 Å². The van der Waals surface area contributed by atoms with Crippen molar-refractivity contribution in [3.8, 4) is 5.69 Å². The van der Waals surface area contributed by atoms with Gasteiger partial charge in [0, 0.05) is 11.7 Å². The van der Waals surface area contributed by atoms with Crippen LogP contribution in [0.3, 0.4) is 0 Å². The minimum Gasteiger partial charge on any atom is -0.376 e. The standard InChI is InChI=1S/C15H22N6O/c1-10(2)12(4)18-15(22)8-16-13-5-6-14(11(3)7-13)21-9-17-19-20-21/h5-7,9-10,12,16H,8H2,1-4H3,(H,18,22)/t12-/m1/s1. The second-order valence-corrected chi connectivity index (χ2v) is 5.71. The fraction of sp³-hybridized carbons (Fsp3) is 0.467. The highest BCUT2D eigenvalue weighted by Crippen LogP contribution is 2.17. The van der Waals surface area contributed by atoms with Gasteiger partial charge >= 0.3 is 0 Å². The summed E-state index contributed by atoms with van der Waals surface area (Å²) in [5.41, 5.74) is 2.82. The van der Waals surface area contributed by atoms with Crippen LogP contribution in [0.25, 0.3) is 5.69 Å². The van der Waals surface area contributed by atoms with Crippen molar-refractivity contribution in [2.45, 2.75) is 33.7 Å². The Morgan fingerprint density at radius 2 is 2.09 bits per heavy atom. The van der Waals surface area contributed by atoms with Gasteiger partial charge in [-0.25, -0.2) is 4.68 Å². The zero-order chi connectivity index (χ0) is 16.1. The van der Waals surface area contributed by atoms with E-state index in [1.54, 1.807) is 11.0 Å². The summed E-state index contributed by atoms with van der Waals surface area (Å²) < 4.78 is 1.61. The molecule has 1 aromatic carbocycles. The van der Waals surface area contributed by atoms with E-state index < -0.39 is 0 Å². The number of nitrogens with one attached hydrogen (secondary N) is 2. The highest BCUT2D eigenvalue weighted by atomic mass is 16.1. The highest BCUT2D eigenvalue weighted by Gasteiger charge is 2.10. The summed E-state index contributed by atoms with van der Waals surface area (Å²) in [5.74, 6) is 0.408. The molecule has 0 aliphatic rings. The number of hydrogen-bond donors (Lipinski definition) is 2. The Balaban J connectivity index is 1.94. The molecule has 0 aliphatic heterocycles. The summed E-state index contributed by atoms with van der Waals surface area (Å²) in [6.07, 6.45) is 1.55. The van der Waals surface area contributed by atoms with Crippen molar-refractivity contribution in [2.24, 2.45) is 5.92 Å². The van der Waals surface area contributed by atoms with Crippen molar-refractivity contribution >= 4 is 11.6 Å². The zero-order valence-electron chi connectivity index (χ0n) is 13.4. The van der Waals surface area contributed by atoms with Crippen molar-refractivity contribution < 1.29 is 4.79 Å². The first-order valence-corrected chi connectivity index (χ1v) is 7.34. The average Bonchev–Trinajstić information content (AvgIpc) is 2.99. The fourth-order valence-corrected chi connectivity index (χ4v) is 1.95. The van der Waals surface area contributed by atoms with E-state index in [0.29, 0.717) is 5.92 Å². The minimum atomic E-state index is -0.0107. The van der Waals surface area contributed by atoms with E-state index in [2.05, 4.69) is 40.0 Å². The first kappa shape index (κ1) is 15.9. The lowest BCUT2D eigenvalue weighted by molar-refractivity contribution is -0.120. The molecule has 0 radical (unpaired) electrons. The average molecular weight is 302 g/mol. The van der Waals surface area contributed by atoms with Gasteiger partial charge in [0.1, 0.15) is 6.33 Å². The van der Waals surface area contributed by atoms with Gasteiger partial charge in [-0.15, -0.1) is 5.10 Å². The van der Waals surface area contributed by atoms with Crippen molar-refractivity contribution in [1.29, 1.82) is 0 Å². The molecule has 2 aromatic rings.